The highest BCUT2D eigenvalue weighted by atomic mass is 16.5. The fourth-order valence-electron chi connectivity index (χ4n) is 2.76. The van der Waals surface area contributed by atoms with Gasteiger partial charge in [-0.1, -0.05) is 25.1 Å². The van der Waals surface area contributed by atoms with E-state index >= 15 is 0 Å². The quantitative estimate of drug-likeness (QED) is 0.699. The van der Waals surface area contributed by atoms with E-state index in [1.165, 1.54) is 11.8 Å². The van der Waals surface area contributed by atoms with Gasteiger partial charge in [0.2, 0.25) is 0 Å². The minimum Gasteiger partial charge on any atom is -0.462 e. The lowest BCUT2D eigenvalue weighted by Gasteiger charge is -2.16. The molecule has 128 valence electrons. The van der Waals surface area contributed by atoms with Crippen LogP contribution in [0.5, 0.6) is 0 Å². The lowest BCUT2D eigenvalue weighted by Crippen LogP contribution is -2.10. The number of nitrogens with one attached hydrogen (secondary N) is 1. The molecule has 0 aliphatic rings. The molecule has 3 rings (SSSR count). The van der Waals surface area contributed by atoms with E-state index in [4.69, 9.17) is 4.74 Å². The average Bonchev–Trinajstić information content (AvgIpc) is 2.62. The molecule has 0 atom stereocenters. The Hall–Kier alpha value is -2.95. The van der Waals surface area contributed by atoms with Crippen LogP contribution in [0.2, 0.25) is 0 Å². The Morgan fingerprint density at radius 3 is 2.72 bits per heavy atom. The lowest BCUT2D eigenvalue weighted by molar-refractivity contribution is 0.0527. The van der Waals surface area contributed by atoms with Gasteiger partial charge in [0.25, 0.3) is 0 Å². The number of nitrogens with zero attached hydrogens (tertiary/aromatic N) is 2. The van der Waals surface area contributed by atoms with Crippen molar-refractivity contribution in [3.05, 3.63) is 59.4 Å². The smallest absolute Gasteiger partial charge is 0.341 e. The molecule has 25 heavy (non-hydrogen) atoms. The van der Waals surface area contributed by atoms with Crippen molar-refractivity contribution in [2.45, 2.75) is 27.2 Å². The monoisotopic (exact) mass is 335 g/mol. The van der Waals surface area contributed by atoms with Crippen LogP contribution in [0.1, 0.15) is 35.5 Å². The van der Waals surface area contributed by atoms with Gasteiger partial charge in [0.15, 0.2) is 5.65 Å². The molecule has 3 aromatic rings. The average molecular weight is 335 g/mol. The molecule has 2 aromatic heterocycles. The van der Waals surface area contributed by atoms with Gasteiger partial charge in [0.1, 0.15) is 5.56 Å². The van der Waals surface area contributed by atoms with Crippen molar-refractivity contribution < 1.29 is 9.53 Å². The summed E-state index contributed by atoms with van der Waals surface area (Å²) in [7, 11) is 0. The molecular weight excluding hydrogens is 314 g/mol. The number of rotatable bonds is 5. The van der Waals surface area contributed by atoms with Crippen LogP contribution in [0.15, 0.2) is 42.6 Å². The van der Waals surface area contributed by atoms with Gasteiger partial charge >= 0.3 is 5.97 Å². The third-order valence-electron chi connectivity index (χ3n) is 4.02. The van der Waals surface area contributed by atoms with Gasteiger partial charge in [-0.05, 0) is 44.0 Å². The van der Waals surface area contributed by atoms with Crippen LogP contribution in [0.3, 0.4) is 0 Å². The fraction of sp³-hybridized carbons (Fsp3) is 0.250. The molecule has 0 amide bonds. The highest BCUT2D eigenvalue weighted by molar-refractivity contribution is 6.05. The Labute approximate surface area is 147 Å². The molecule has 0 spiro atoms. The van der Waals surface area contributed by atoms with Crippen LogP contribution in [-0.4, -0.2) is 22.5 Å². The molecule has 1 N–H and O–H groups in total. The van der Waals surface area contributed by atoms with Gasteiger partial charge in [-0.3, -0.25) is 0 Å². The van der Waals surface area contributed by atoms with Gasteiger partial charge in [0.05, 0.1) is 12.3 Å². The standard InChI is InChI=1S/C20H21N3O2/c1-4-14-8-6-7-9-17(14)23-18-15-11-10-13(3)22-19(15)21-12-16(18)20(24)25-5-2/h6-12H,4-5H2,1-3H3,(H,21,22,23). The van der Waals surface area contributed by atoms with Crippen LogP contribution in [-0.2, 0) is 11.2 Å². The largest absolute Gasteiger partial charge is 0.462 e. The van der Waals surface area contributed by atoms with Crippen molar-refractivity contribution in [1.82, 2.24) is 9.97 Å². The summed E-state index contributed by atoms with van der Waals surface area (Å²) in [6.45, 7) is 6.12. The topological polar surface area (TPSA) is 64.1 Å². The van der Waals surface area contributed by atoms with Crippen molar-refractivity contribution >= 4 is 28.4 Å². The summed E-state index contributed by atoms with van der Waals surface area (Å²) in [4.78, 5) is 21.2. The molecule has 1 aromatic carbocycles. The summed E-state index contributed by atoms with van der Waals surface area (Å²) >= 11 is 0. The number of benzene rings is 1. The number of para-hydroxylation sites is 1. The highest BCUT2D eigenvalue weighted by Crippen LogP contribution is 2.30. The van der Waals surface area contributed by atoms with Gasteiger partial charge in [-0.2, -0.15) is 0 Å². The number of hydrogen-bond donors (Lipinski definition) is 1. The van der Waals surface area contributed by atoms with Crippen molar-refractivity contribution in [2.24, 2.45) is 0 Å². The summed E-state index contributed by atoms with van der Waals surface area (Å²) in [5.41, 5.74) is 4.70. The van der Waals surface area contributed by atoms with E-state index in [-0.39, 0.29) is 0 Å². The van der Waals surface area contributed by atoms with Crippen molar-refractivity contribution in [1.29, 1.82) is 0 Å². The van der Waals surface area contributed by atoms with E-state index in [0.29, 0.717) is 23.5 Å². The van der Waals surface area contributed by atoms with E-state index in [1.807, 2.05) is 37.3 Å². The number of carbonyl (C=O) groups excluding carboxylic acids is 1. The maximum atomic E-state index is 12.4. The molecule has 0 fully saturated rings. The predicted molar refractivity (Wildman–Crippen MR) is 99.3 cm³/mol. The number of fused-ring (bicyclic) bond motifs is 1. The zero-order chi connectivity index (χ0) is 17.8. The van der Waals surface area contributed by atoms with Gasteiger partial charge in [0, 0.05) is 23.0 Å². The first-order valence-electron chi connectivity index (χ1n) is 8.42. The first-order valence-corrected chi connectivity index (χ1v) is 8.42. The maximum absolute atomic E-state index is 12.4. The number of carbonyl (C=O) groups is 1. The fourth-order valence-corrected chi connectivity index (χ4v) is 2.76. The van der Waals surface area contributed by atoms with Crippen LogP contribution in [0.25, 0.3) is 11.0 Å². The van der Waals surface area contributed by atoms with E-state index < -0.39 is 5.97 Å². The van der Waals surface area contributed by atoms with Gasteiger partial charge in [-0.15, -0.1) is 0 Å². The Morgan fingerprint density at radius 1 is 1.16 bits per heavy atom. The molecule has 2 heterocycles. The number of esters is 1. The highest BCUT2D eigenvalue weighted by Gasteiger charge is 2.18. The second-order valence-electron chi connectivity index (χ2n) is 5.73. The zero-order valence-electron chi connectivity index (χ0n) is 14.7. The molecule has 5 heteroatoms. The normalized spacial score (nSPS) is 10.7. The first-order chi connectivity index (χ1) is 12.1. The molecule has 0 bridgehead atoms. The third-order valence-corrected chi connectivity index (χ3v) is 4.02. The molecule has 0 aliphatic heterocycles. The lowest BCUT2D eigenvalue weighted by atomic mass is 10.1. The molecule has 5 nitrogen and oxygen atoms in total. The third kappa shape index (κ3) is 3.45. The Balaban J connectivity index is 2.18. The van der Waals surface area contributed by atoms with Crippen LogP contribution in [0.4, 0.5) is 11.4 Å². The molecule has 0 aliphatic carbocycles. The number of aromatic nitrogens is 2. The second-order valence-corrected chi connectivity index (χ2v) is 5.73. The second kappa shape index (κ2) is 7.30. The van der Waals surface area contributed by atoms with E-state index in [1.54, 1.807) is 6.92 Å². The SMILES string of the molecule is CCOC(=O)c1cnc2nc(C)ccc2c1Nc1ccccc1CC. The number of anilines is 2. The number of ether oxygens (including phenoxy) is 1. The van der Waals surface area contributed by atoms with Crippen molar-refractivity contribution in [3.8, 4) is 0 Å². The maximum Gasteiger partial charge on any atom is 0.341 e. The first kappa shape index (κ1) is 16.9. The Morgan fingerprint density at radius 2 is 1.96 bits per heavy atom. The number of aryl methyl sites for hydroxylation is 2. The molecule has 0 unspecified atom stereocenters. The molecule has 0 saturated carbocycles. The molecule has 0 radical (unpaired) electrons. The summed E-state index contributed by atoms with van der Waals surface area (Å²) < 4.78 is 5.20. The van der Waals surface area contributed by atoms with Crippen LogP contribution >= 0.6 is 0 Å². The van der Waals surface area contributed by atoms with Crippen molar-refractivity contribution in [2.75, 3.05) is 11.9 Å². The van der Waals surface area contributed by atoms with Crippen molar-refractivity contribution in [3.63, 3.8) is 0 Å². The van der Waals surface area contributed by atoms with E-state index in [0.717, 1.165) is 23.2 Å². The minimum absolute atomic E-state index is 0.313. The molecular formula is C20H21N3O2. The summed E-state index contributed by atoms with van der Waals surface area (Å²) in [5.74, 6) is -0.394. The zero-order valence-corrected chi connectivity index (χ0v) is 14.7. The van der Waals surface area contributed by atoms with Gasteiger partial charge in [-0.25, -0.2) is 14.8 Å². The van der Waals surface area contributed by atoms with Gasteiger partial charge < -0.3 is 10.1 Å². The Kier molecular flexibility index (Phi) is 4.93. The molecule has 0 saturated heterocycles. The summed E-state index contributed by atoms with van der Waals surface area (Å²) in [6, 6.07) is 11.9. The number of hydrogen-bond acceptors (Lipinski definition) is 5. The van der Waals surface area contributed by atoms with Crippen LogP contribution < -0.4 is 5.32 Å². The van der Waals surface area contributed by atoms with E-state index in [2.05, 4.69) is 28.3 Å². The van der Waals surface area contributed by atoms with E-state index in [9.17, 15) is 4.79 Å². The summed E-state index contributed by atoms with van der Waals surface area (Å²) in [5, 5.41) is 4.21. The number of pyridine rings is 2. The summed E-state index contributed by atoms with van der Waals surface area (Å²) in [6.07, 6.45) is 2.42. The minimum atomic E-state index is -0.394. The van der Waals surface area contributed by atoms with Crippen LogP contribution in [0, 0.1) is 6.92 Å². The Bertz CT molecular complexity index is 922. The predicted octanol–water partition coefficient (Wildman–Crippen LogP) is 4.42.